The van der Waals surface area contributed by atoms with E-state index in [1.54, 1.807) is 20.4 Å². The summed E-state index contributed by atoms with van der Waals surface area (Å²) in [6.07, 6.45) is 1.74. The largest absolute Gasteiger partial charge is 0.493 e. The Kier molecular flexibility index (Phi) is 4.57. The van der Waals surface area contributed by atoms with E-state index in [1.807, 2.05) is 55.1 Å². The first-order valence-electron chi connectivity index (χ1n) is 7.99. The van der Waals surface area contributed by atoms with Crippen LogP contribution in [0, 0.1) is 0 Å². The van der Waals surface area contributed by atoms with Crippen molar-refractivity contribution >= 4 is 34.8 Å². The van der Waals surface area contributed by atoms with Crippen LogP contribution in [0.25, 0.3) is 5.70 Å². The lowest BCUT2D eigenvalue weighted by Crippen LogP contribution is -2.29. The summed E-state index contributed by atoms with van der Waals surface area (Å²) in [7, 11) is 3.21. The van der Waals surface area contributed by atoms with Gasteiger partial charge in [0.05, 0.1) is 31.2 Å². The Balaban J connectivity index is 2.28. The number of fused-ring (bicyclic) bond motifs is 1. The third kappa shape index (κ3) is 2.78. The molecule has 0 fully saturated rings. The molecule has 0 saturated carbocycles. The highest BCUT2D eigenvalue weighted by atomic mass is 16.5. The summed E-state index contributed by atoms with van der Waals surface area (Å²) in [6.45, 7) is 8.13. The summed E-state index contributed by atoms with van der Waals surface area (Å²) in [5, 5.41) is 0. The number of benzene rings is 2. The van der Waals surface area contributed by atoms with Crippen molar-refractivity contribution in [3.8, 4) is 11.5 Å². The SMILES string of the molecule is C=C1c2c(N=CC)cc(OC)c(OC)c2N=C(C)N1c1ccccc1. The molecule has 0 aromatic heterocycles. The average Bonchev–Trinajstić information content (AvgIpc) is 2.62. The lowest BCUT2D eigenvalue weighted by Gasteiger charge is -2.32. The van der Waals surface area contributed by atoms with Crippen molar-refractivity contribution in [1.82, 2.24) is 0 Å². The summed E-state index contributed by atoms with van der Waals surface area (Å²) < 4.78 is 11.0. The molecule has 0 aliphatic carbocycles. The van der Waals surface area contributed by atoms with Crippen LogP contribution >= 0.6 is 0 Å². The topological polar surface area (TPSA) is 46.4 Å². The van der Waals surface area contributed by atoms with E-state index < -0.39 is 0 Å². The maximum Gasteiger partial charge on any atom is 0.187 e. The first-order chi connectivity index (χ1) is 12.1. The molecule has 0 saturated heterocycles. The van der Waals surface area contributed by atoms with E-state index >= 15 is 0 Å². The van der Waals surface area contributed by atoms with Crippen molar-refractivity contribution < 1.29 is 9.47 Å². The van der Waals surface area contributed by atoms with Gasteiger partial charge in [-0.2, -0.15) is 0 Å². The average molecular weight is 335 g/mol. The molecule has 5 heteroatoms. The predicted molar refractivity (Wildman–Crippen MR) is 104 cm³/mol. The monoisotopic (exact) mass is 335 g/mol. The molecule has 0 bridgehead atoms. The smallest absolute Gasteiger partial charge is 0.187 e. The van der Waals surface area contributed by atoms with Gasteiger partial charge in [0.1, 0.15) is 11.5 Å². The Morgan fingerprint density at radius 3 is 2.48 bits per heavy atom. The summed E-state index contributed by atoms with van der Waals surface area (Å²) in [5.74, 6) is 1.99. The molecular weight excluding hydrogens is 314 g/mol. The summed E-state index contributed by atoms with van der Waals surface area (Å²) >= 11 is 0. The fraction of sp³-hybridized carbons (Fsp3) is 0.200. The van der Waals surface area contributed by atoms with E-state index in [9.17, 15) is 0 Å². The van der Waals surface area contributed by atoms with Gasteiger partial charge in [-0.1, -0.05) is 24.8 Å². The number of para-hydroxylation sites is 1. The van der Waals surface area contributed by atoms with Gasteiger partial charge >= 0.3 is 0 Å². The molecule has 25 heavy (non-hydrogen) atoms. The highest BCUT2D eigenvalue weighted by Crippen LogP contribution is 2.51. The molecule has 1 heterocycles. The van der Waals surface area contributed by atoms with E-state index in [0.717, 1.165) is 28.5 Å². The number of methoxy groups -OCH3 is 2. The van der Waals surface area contributed by atoms with Crippen LogP contribution in [-0.2, 0) is 0 Å². The number of rotatable bonds is 4. The number of anilines is 1. The fourth-order valence-electron chi connectivity index (χ4n) is 3.03. The highest BCUT2D eigenvalue weighted by Gasteiger charge is 2.29. The highest BCUT2D eigenvalue weighted by molar-refractivity contribution is 6.14. The molecule has 128 valence electrons. The van der Waals surface area contributed by atoms with E-state index in [-0.39, 0.29) is 0 Å². The van der Waals surface area contributed by atoms with Gasteiger partial charge in [-0.3, -0.25) is 9.89 Å². The first-order valence-corrected chi connectivity index (χ1v) is 7.99. The van der Waals surface area contributed by atoms with Crippen molar-refractivity contribution in [2.24, 2.45) is 9.98 Å². The molecule has 3 rings (SSSR count). The Morgan fingerprint density at radius 2 is 1.88 bits per heavy atom. The van der Waals surface area contributed by atoms with Crippen molar-refractivity contribution in [2.45, 2.75) is 13.8 Å². The quantitative estimate of drug-likeness (QED) is 0.741. The van der Waals surface area contributed by atoms with Crippen LogP contribution in [0.4, 0.5) is 17.1 Å². The van der Waals surface area contributed by atoms with E-state index in [0.29, 0.717) is 17.2 Å². The maximum absolute atomic E-state index is 5.56. The number of hydrogen-bond acceptors (Lipinski definition) is 5. The van der Waals surface area contributed by atoms with Crippen LogP contribution in [0.5, 0.6) is 11.5 Å². The van der Waals surface area contributed by atoms with Gasteiger partial charge in [-0.15, -0.1) is 0 Å². The van der Waals surface area contributed by atoms with Crippen LogP contribution in [-0.4, -0.2) is 26.3 Å². The van der Waals surface area contributed by atoms with Gasteiger partial charge in [0, 0.05) is 18.0 Å². The number of aliphatic imine (C=N–C) groups is 2. The zero-order valence-corrected chi connectivity index (χ0v) is 14.9. The van der Waals surface area contributed by atoms with Gasteiger partial charge in [-0.05, 0) is 26.0 Å². The zero-order valence-electron chi connectivity index (χ0n) is 14.9. The molecule has 0 unspecified atom stereocenters. The van der Waals surface area contributed by atoms with E-state index in [4.69, 9.17) is 14.5 Å². The minimum atomic E-state index is 0.584. The lowest BCUT2D eigenvalue weighted by molar-refractivity contribution is 0.356. The Labute approximate surface area is 147 Å². The third-order valence-electron chi connectivity index (χ3n) is 4.06. The minimum absolute atomic E-state index is 0.584. The Hall–Kier alpha value is -3.08. The first kappa shape index (κ1) is 16.8. The summed E-state index contributed by atoms with van der Waals surface area (Å²) in [4.78, 5) is 11.3. The van der Waals surface area contributed by atoms with Gasteiger partial charge in [0.2, 0.25) is 0 Å². The standard InChI is InChI=1S/C20H21N3O2/c1-6-21-16-12-17(24-4)20(25-5)19-18(16)13(2)23(14(3)22-19)15-10-8-7-9-11-15/h6-12H,2H2,1,3-5H3. The molecule has 2 aromatic carbocycles. The van der Waals surface area contributed by atoms with E-state index in [1.165, 1.54) is 0 Å². The number of hydrogen-bond donors (Lipinski definition) is 0. The molecule has 0 N–H and O–H groups in total. The maximum atomic E-state index is 5.56. The summed E-state index contributed by atoms with van der Waals surface area (Å²) in [6, 6.07) is 11.9. The normalized spacial score (nSPS) is 13.7. The van der Waals surface area contributed by atoms with Gasteiger partial charge < -0.3 is 9.47 Å². The molecule has 2 aromatic rings. The van der Waals surface area contributed by atoms with Crippen LogP contribution in [0.3, 0.4) is 0 Å². The van der Waals surface area contributed by atoms with Gasteiger partial charge in [0.25, 0.3) is 0 Å². The second kappa shape index (κ2) is 6.81. The van der Waals surface area contributed by atoms with Crippen molar-refractivity contribution in [3.63, 3.8) is 0 Å². The molecule has 1 aliphatic heterocycles. The number of ether oxygens (including phenoxy) is 2. The Bertz CT molecular complexity index is 870. The second-order valence-corrected chi connectivity index (χ2v) is 5.52. The molecule has 5 nitrogen and oxygen atoms in total. The van der Waals surface area contributed by atoms with Crippen LogP contribution in [0.2, 0.25) is 0 Å². The molecule has 0 radical (unpaired) electrons. The molecular formula is C20H21N3O2. The minimum Gasteiger partial charge on any atom is -0.493 e. The van der Waals surface area contributed by atoms with Crippen molar-refractivity contribution in [1.29, 1.82) is 0 Å². The molecule has 0 atom stereocenters. The molecule has 0 spiro atoms. The van der Waals surface area contributed by atoms with Crippen LogP contribution < -0.4 is 14.4 Å². The number of amidine groups is 1. The fourth-order valence-corrected chi connectivity index (χ4v) is 3.03. The zero-order chi connectivity index (χ0) is 18.0. The second-order valence-electron chi connectivity index (χ2n) is 5.52. The Morgan fingerprint density at radius 1 is 1.16 bits per heavy atom. The predicted octanol–water partition coefficient (Wildman–Crippen LogP) is 4.97. The van der Waals surface area contributed by atoms with E-state index in [2.05, 4.69) is 11.6 Å². The number of nitrogens with zero attached hydrogens (tertiary/aromatic N) is 3. The third-order valence-corrected chi connectivity index (χ3v) is 4.06. The van der Waals surface area contributed by atoms with Crippen LogP contribution in [0.15, 0.2) is 53.0 Å². The van der Waals surface area contributed by atoms with Gasteiger partial charge in [-0.25, -0.2) is 4.99 Å². The van der Waals surface area contributed by atoms with Crippen LogP contribution in [0.1, 0.15) is 19.4 Å². The molecule has 1 aliphatic rings. The van der Waals surface area contributed by atoms with Crippen molar-refractivity contribution in [3.05, 3.63) is 48.5 Å². The molecule has 0 amide bonds. The lowest BCUT2D eigenvalue weighted by atomic mass is 10.0. The van der Waals surface area contributed by atoms with Gasteiger partial charge in [0.15, 0.2) is 11.5 Å². The van der Waals surface area contributed by atoms with Crippen molar-refractivity contribution in [2.75, 3.05) is 19.1 Å². The summed E-state index contributed by atoms with van der Waals surface area (Å²) in [5.41, 5.74) is 4.08.